The SMILES string of the molecule is Fc1ccc(C(F)F)c(CCCCl)c1. The van der Waals surface area contributed by atoms with Crippen molar-refractivity contribution in [2.24, 2.45) is 0 Å². The van der Waals surface area contributed by atoms with E-state index < -0.39 is 12.2 Å². The molecule has 0 aliphatic heterocycles. The first-order chi connectivity index (χ1) is 6.65. The van der Waals surface area contributed by atoms with Crippen LogP contribution in [0.25, 0.3) is 0 Å². The van der Waals surface area contributed by atoms with Crippen molar-refractivity contribution in [3.63, 3.8) is 0 Å². The van der Waals surface area contributed by atoms with Crippen LogP contribution in [0.15, 0.2) is 18.2 Å². The van der Waals surface area contributed by atoms with Crippen molar-refractivity contribution in [3.05, 3.63) is 35.1 Å². The van der Waals surface area contributed by atoms with Gasteiger partial charge in [-0.15, -0.1) is 11.6 Å². The average molecular weight is 223 g/mol. The van der Waals surface area contributed by atoms with E-state index >= 15 is 0 Å². The molecule has 1 aromatic rings. The monoisotopic (exact) mass is 222 g/mol. The Labute approximate surface area is 85.7 Å². The molecule has 0 saturated carbocycles. The molecule has 0 amide bonds. The van der Waals surface area contributed by atoms with Crippen LogP contribution in [-0.4, -0.2) is 5.88 Å². The minimum atomic E-state index is -2.55. The van der Waals surface area contributed by atoms with Gasteiger partial charge in [0.15, 0.2) is 0 Å². The highest BCUT2D eigenvalue weighted by Gasteiger charge is 2.12. The molecule has 0 atom stereocenters. The largest absolute Gasteiger partial charge is 0.264 e. The number of hydrogen-bond donors (Lipinski definition) is 0. The molecule has 0 heterocycles. The van der Waals surface area contributed by atoms with Gasteiger partial charge in [0.05, 0.1) is 0 Å². The Morgan fingerprint density at radius 2 is 2.00 bits per heavy atom. The molecule has 0 aliphatic carbocycles. The van der Waals surface area contributed by atoms with Crippen LogP contribution in [0.5, 0.6) is 0 Å². The lowest BCUT2D eigenvalue weighted by Crippen LogP contribution is -1.96. The molecule has 0 saturated heterocycles. The highest BCUT2D eigenvalue weighted by atomic mass is 35.5. The van der Waals surface area contributed by atoms with E-state index in [1.165, 1.54) is 0 Å². The van der Waals surface area contributed by atoms with E-state index in [0.29, 0.717) is 24.3 Å². The maximum Gasteiger partial charge on any atom is 0.264 e. The second kappa shape index (κ2) is 5.25. The van der Waals surface area contributed by atoms with Crippen LogP contribution in [-0.2, 0) is 6.42 Å². The lowest BCUT2D eigenvalue weighted by atomic mass is 10.0. The molecular weight excluding hydrogens is 213 g/mol. The van der Waals surface area contributed by atoms with Crippen LogP contribution in [0.2, 0.25) is 0 Å². The standard InChI is InChI=1S/C10H10ClF3/c11-5-1-2-7-6-8(12)3-4-9(7)10(13)14/h3-4,6,10H,1-2,5H2. The third kappa shape index (κ3) is 2.91. The number of aryl methyl sites for hydroxylation is 1. The molecule has 0 N–H and O–H groups in total. The predicted molar refractivity (Wildman–Crippen MR) is 50.4 cm³/mol. The Kier molecular flexibility index (Phi) is 4.26. The van der Waals surface area contributed by atoms with Crippen LogP contribution in [0.1, 0.15) is 24.0 Å². The summed E-state index contributed by atoms with van der Waals surface area (Å²) in [6.07, 6.45) is -1.59. The van der Waals surface area contributed by atoms with Crippen LogP contribution in [0.4, 0.5) is 13.2 Å². The first-order valence-electron chi connectivity index (χ1n) is 4.27. The zero-order valence-corrected chi connectivity index (χ0v) is 8.20. The number of rotatable bonds is 4. The summed E-state index contributed by atoms with van der Waals surface area (Å²) in [5, 5.41) is 0. The molecule has 78 valence electrons. The lowest BCUT2D eigenvalue weighted by Gasteiger charge is -2.07. The second-order valence-corrected chi connectivity index (χ2v) is 3.31. The maximum absolute atomic E-state index is 12.8. The van der Waals surface area contributed by atoms with Gasteiger partial charge in [0.1, 0.15) is 5.82 Å². The molecule has 4 heteroatoms. The molecule has 1 aromatic carbocycles. The van der Waals surface area contributed by atoms with Gasteiger partial charge in [-0.25, -0.2) is 13.2 Å². The molecule has 0 aromatic heterocycles. The van der Waals surface area contributed by atoms with Crippen molar-refractivity contribution in [2.45, 2.75) is 19.3 Å². The Morgan fingerprint density at radius 3 is 2.57 bits per heavy atom. The summed E-state index contributed by atoms with van der Waals surface area (Å²) >= 11 is 5.44. The van der Waals surface area contributed by atoms with Gasteiger partial charge >= 0.3 is 0 Å². The highest BCUT2D eigenvalue weighted by molar-refractivity contribution is 6.17. The fraction of sp³-hybridized carbons (Fsp3) is 0.400. The Hall–Kier alpha value is -0.700. The van der Waals surface area contributed by atoms with E-state index in [1.54, 1.807) is 0 Å². The normalized spacial score (nSPS) is 10.9. The fourth-order valence-corrected chi connectivity index (χ4v) is 1.39. The smallest absolute Gasteiger partial charge is 0.207 e. The van der Waals surface area contributed by atoms with Gasteiger partial charge in [-0.2, -0.15) is 0 Å². The summed E-state index contributed by atoms with van der Waals surface area (Å²) in [6.45, 7) is 0. The maximum atomic E-state index is 12.8. The van der Waals surface area contributed by atoms with E-state index in [0.717, 1.165) is 18.2 Å². The minimum absolute atomic E-state index is 0.100. The summed E-state index contributed by atoms with van der Waals surface area (Å²) in [5.41, 5.74) is 0.247. The van der Waals surface area contributed by atoms with Crippen molar-refractivity contribution in [2.75, 3.05) is 5.88 Å². The van der Waals surface area contributed by atoms with E-state index in [1.807, 2.05) is 0 Å². The Balaban J connectivity index is 2.91. The molecule has 0 spiro atoms. The number of halogens is 4. The second-order valence-electron chi connectivity index (χ2n) is 2.94. The number of alkyl halides is 3. The van der Waals surface area contributed by atoms with Crippen LogP contribution >= 0.6 is 11.6 Å². The molecule has 0 aliphatic rings. The molecule has 0 radical (unpaired) electrons. The van der Waals surface area contributed by atoms with Gasteiger partial charge in [0.25, 0.3) is 6.43 Å². The van der Waals surface area contributed by atoms with E-state index in [9.17, 15) is 13.2 Å². The van der Waals surface area contributed by atoms with Crippen molar-refractivity contribution in [1.29, 1.82) is 0 Å². The van der Waals surface area contributed by atoms with Gasteiger partial charge in [-0.05, 0) is 30.5 Å². The van der Waals surface area contributed by atoms with Gasteiger partial charge in [0, 0.05) is 11.4 Å². The Bertz CT molecular complexity index is 299. The van der Waals surface area contributed by atoms with E-state index in [-0.39, 0.29) is 5.56 Å². The molecule has 1 rings (SSSR count). The summed E-state index contributed by atoms with van der Waals surface area (Å²) in [6, 6.07) is 3.32. The van der Waals surface area contributed by atoms with E-state index in [2.05, 4.69) is 0 Å². The van der Waals surface area contributed by atoms with Gasteiger partial charge in [-0.1, -0.05) is 6.07 Å². The van der Waals surface area contributed by atoms with E-state index in [4.69, 9.17) is 11.6 Å². The third-order valence-electron chi connectivity index (χ3n) is 1.92. The lowest BCUT2D eigenvalue weighted by molar-refractivity contribution is 0.150. The van der Waals surface area contributed by atoms with Crippen molar-refractivity contribution in [3.8, 4) is 0 Å². The third-order valence-corrected chi connectivity index (χ3v) is 2.19. The van der Waals surface area contributed by atoms with Crippen LogP contribution < -0.4 is 0 Å². The molecule has 0 fully saturated rings. The molecular formula is C10H10ClF3. The molecule has 0 nitrogen and oxygen atoms in total. The van der Waals surface area contributed by atoms with Crippen molar-refractivity contribution < 1.29 is 13.2 Å². The number of hydrogen-bond acceptors (Lipinski definition) is 0. The predicted octanol–water partition coefficient (Wildman–Crippen LogP) is 3.93. The zero-order valence-electron chi connectivity index (χ0n) is 7.44. The Morgan fingerprint density at radius 1 is 1.29 bits per heavy atom. The first-order valence-corrected chi connectivity index (χ1v) is 4.81. The summed E-state index contributed by atoms with van der Waals surface area (Å²) < 4.78 is 37.6. The van der Waals surface area contributed by atoms with Crippen molar-refractivity contribution in [1.82, 2.24) is 0 Å². The number of benzene rings is 1. The minimum Gasteiger partial charge on any atom is -0.207 e. The average Bonchev–Trinajstić information content (AvgIpc) is 2.14. The van der Waals surface area contributed by atoms with Gasteiger partial charge in [-0.3, -0.25) is 0 Å². The van der Waals surface area contributed by atoms with Crippen molar-refractivity contribution >= 4 is 11.6 Å². The summed E-state index contributed by atoms with van der Waals surface area (Å²) in [7, 11) is 0. The quantitative estimate of drug-likeness (QED) is 0.677. The highest BCUT2D eigenvalue weighted by Crippen LogP contribution is 2.24. The summed E-state index contributed by atoms with van der Waals surface area (Å²) in [4.78, 5) is 0. The van der Waals surface area contributed by atoms with Crippen LogP contribution in [0.3, 0.4) is 0 Å². The van der Waals surface area contributed by atoms with Gasteiger partial charge in [0.2, 0.25) is 0 Å². The molecule has 14 heavy (non-hydrogen) atoms. The summed E-state index contributed by atoms with van der Waals surface area (Å²) in [5.74, 6) is -0.0990. The molecule has 0 unspecified atom stereocenters. The molecule has 0 bridgehead atoms. The topological polar surface area (TPSA) is 0 Å². The fourth-order valence-electron chi connectivity index (χ4n) is 1.26. The van der Waals surface area contributed by atoms with Crippen LogP contribution in [0, 0.1) is 5.82 Å². The first kappa shape index (κ1) is 11.4. The van der Waals surface area contributed by atoms with Gasteiger partial charge < -0.3 is 0 Å². The zero-order chi connectivity index (χ0) is 10.6.